The van der Waals surface area contributed by atoms with Gasteiger partial charge in [-0.05, 0) is 77.5 Å². The number of nitrogen functional groups attached to an aromatic ring is 1. The average Bonchev–Trinajstić information content (AvgIpc) is 1.53. The van der Waals surface area contributed by atoms with Gasteiger partial charge in [0.1, 0.15) is 36.0 Å². The number of hydrogen-bond acceptors (Lipinski definition) is 21. The van der Waals surface area contributed by atoms with Crippen LogP contribution in [0.1, 0.15) is 145 Å². The van der Waals surface area contributed by atoms with Crippen molar-refractivity contribution in [3.05, 3.63) is 46.5 Å². The van der Waals surface area contributed by atoms with Crippen molar-refractivity contribution in [1.82, 2.24) is 30.2 Å². The fourth-order valence-electron chi connectivity index (χ4n) is 15.2. The van der Waals surface area contributed by atoms with Crippen molar-refractivity contribution >= 4 is 83.3 Å². The second-order valence-electron chi connectivity index (χ2n) is 26.5. The van der Waals surface area contributed by atoms with Crippen molar-refractivity contribution in [2.24, 2.45) is 94.7 Å². The van der Waals surface area contributed by atoms with E-state index in [-0.39, 0.29) is 94.2 Å². The Hall–Kier alpha value is -7.34. The number of nitrogens with two attached hydrogens (primary N) is 7. The number of carbonyl (C=O) groups is 7. The van der Waals surface area contributed by atoms with Crippen LogP contribution in [-0.2, 0) is 51.9 Å². The molecular weight excluding hydrogens is 1190 g/mol. The molecule has 19 N–H and O–H groups in total. The smallest absolute Gasteiger partial charge is 0.394 e. The molecular formula is C59H87N16O14P. The number of aliphatic imine (C=N–C) groups is 3. The Morgan fingerprint density at radius 3 is 2.02 bits per heavy atom. The second-order valence-corrected chi connectivity index (χ2v) is 27.8. The number of ether oxygens (including phenoxy) is 1. The van der Waals surface area contributed by atoms with Gasteiger partial charge in [-0.15, -0.1) is 0 Å². The van der Waals surface area contributed by atoms with E-state index < -0.39 is 143 Å². The van der Waals surface area contributed by atoms with Crippen LogP contribution in [0.25, 0.3) is 11.2 Å². The van der Waals surface area contributed by atoms with E-state index in [4.69, 9.17) is 68.9 Å². The summed E-state index contributed by atoms with van der Waals surface area (Å²) in [5.41, 5.74) is 40.6. The number of nitrogens with zero attached hydrogens (tertiary/aromatic N) is 7. The zero-order chi connectivity index (χ0) is 66.7. The van der Waals surface area contributed by atoms with E-state index >= 15 is 0 Å². The predicted molar refractivity (Wildman–Crippen MR) is 329 cm³/mol. The summed E-state index contributed by atoms with van der Waals surface area (Å²) >= 11 is 0. The van der Waals surface area contributed by atoms with Crippen molar-refractivity contribution in [3.8, 4) is 0 Å². The Labute approximate surface area is 520 Å². The van der Waals surface area contributed by atoms with Gasteiger partial charge < -0.3 is 70.6 Å². The number of fused-ring (bicyclic) bond motifs is 7. The van der Waals surface area contributed by atoms with Gasteiger partial charge in [-0.3, -0.25) is 62.2 Å². The summed E-state index contributed by atoms with van der Waals surface area (Å²) in [6.07, 6.45) is -5.01. The number of primary amides is 6. The number of anilines is 1. The SMILES string of the molecule is CC1=C2N=C(C=C3N/C(=C(/C)C4=N[C@@](C)([C@@H]5N=C1[C@@](C)(CCC(=O)NC[C@H](C)OP(=O)(O)O[C@H]1[C@@H](O)[C@@H](n6cnc7nc(C)nc(N)c76)O[C@@H]1CO)[C@H]5CC(N)=O)[C@@](C)(CC(N)=O)[C@@H]4CCC(N)=O)[C@@](C)(CC(N)=O)[C@@H]3CCC(N)=O)C(C)(C)[C@@H]2CCC(N)=O. The highest BCUT2D eigenvalue weighted by Crippen LogP contribution is 2.63. The van der Waals surface area contributed by atoms with Crippen LogP contribution in [0.4, 0.5) is 5.82 Å². The molecule has 31 heteroatoms. The summed E-state index contributed by atoms with van der Waals surface area (Å²) in [7, 11) is -5.12. The van der Waals surface area contributed by atoms with Gasteiger partial charge in [-0.1, -0.05) is 34.6 Å². The molecule has 30 nitrogen and oxygen atoms in total. The highest BCUT2D eigenvalue weighted by atomic mass is 31.2. The Kier molecular flexibility index (Phi) is 19.3. The molecule has 6 aliphatic heterocycles. The van der Waals surface area contributed by atoms with Crippen LogP contribution in [0.2, 0.25) is 0 Å². The Morgan fingerprint density at radius 1 is 0.822 bits per heavy atom. The van der Waals surface area contributed by atoms with Gasteiger partial charge in [0, 0.05) is 131 Å². The van der Waals surface area contributed by atoms with Crippen molar-refractivity contribution < 1.29 is 67.0 Å². The number of nitrogens with one attached hydrogen (secondary N) is 2. The third-order valence-corrected chi connectivity index (χ3v) is 21.1. The molecule has 90 heavy (non-hydrogen) atoms. The maximum Gasteiger partial charge on any atom is 0.472 e. The maximum atomic E-state index is 14.4. The normalized spacial score (nSPS) is 32.8. The van der Waals surface area contributed by atoms with Crippen LogP contribution in [0.15, 0.2) is 55.6 Å². The van der Waals surface area contributed by atoms with E-state index in [9.17, 15) is 53.2 Å². The molecule has 0 spiro atoms. The minimum atomic E-state index is -5.12. The first kappa shape index (κ1) is 68.6. The first-order chi connectivity index (χ1) is 41.8. The van der Waals surface area contributed by atoms with Crippen LogP contribution >= 0.6 is 7.82 Å². The topological polar surface area (TPSA) is 512 Å². The fourth-order valence-corrected chi connectivity index (χ4v) is 16.4. The lowest BCUT2D eigenvalue weighted by atomic mass is 9.55. The van der Waals surface area contributed by atoms with Gasteiger partial charge in [0.05, 0.1) is 24.3 Å². The van der Waals surface area contributed by atoms with Crippen LogP contribution in [0.5, 0.6) is 0 Å². The van der Waals surface area contributed by atoms with Gasteiger partial charge >= 0.3 is 7.82 Å². The highest BCUT2D eigenvalue weighted by Gasteiger charge is 2.66. The van der Waals surface area contributed by atoms with E-state index in [1.807, 2.05) is 61.5 Å². The first-order valence-corrected chi connectivity index (χ1v) is 31.6. The minimum Gasteiger partial charge on any atom is -0.394 e. The van der Waals surface area contributed by atoms with E-state index in [1.165, 1.54) is 17.8 Å². The third-order valence-electron chi connectivity index (χ3n) is 20.0. The summed E-state index contributed by atoms with van der Waals surface area (Å²) < 4.78 is 31.8. The molecule has 0 aromatic carbocycles. The van der Waals surface area contributed by atoms with E-state index in [2.05, 4.69) is 25.6 Å². The molecule has 2 fully saturated rings. The van der Waals surface area contributed by atoms with Crippen molar-refractivity contribution in [2.45, 2.75) is 182 Å². The summed E-state index contributed by atoms with van der Waals surface area (Å²) in [5.74, 6) is -6.92. The fraction of sp³-hybridized carbons (Fsp3) is 0.644. The summed E-state index contributed by atoms with van der Waals surface area (Å²) in [4.78, 5) is 134. The molecule has 8 rings (SSSR count). The number of carbonyl (C=O) groups excluding carboxylic acids is 7. The summed E-state index contributed by atoms with van der Waals surface area (Å²) in [6.45, 7) is 16.8. The lowest BCUT2D eigenvalue weighted by Gasteiger charge is -2.48. The molecule has 0 radical (unpaired) electrons. The molecule has 8 bridgehead atoms. The number of phosphoric acid groups is 1. The minimum absolute atomic E-state index is 0.0182. The van der Waals surface area contributed by atoms with E-state index in [0.717, 1.165) is 0 Å². The number of hydrogen-bond donors (Lipinski definition) is 12. The highest BCUT2D eigenvalue weighted by molar-refractivity contribution is 7.47. The van der Waals surface area contributed by atoms with Crippen LogP contribution in [0, 0.1) is 52.3 Å². The quantitative estimate of drug-likeness (QED) is 0.0589. The number of aliphatic hydroxyl groups excluding tert-OH is 2. The van der Waals surface area contributed by atoms with Crippen molar-refractivity contribution in [1.29, 1.82) is 0 Å². The number of aryl methyl sites for hydroxylation is 1. The van der Waals surface area contributed by atoms with Crippen LogP contribution < -0.4 is 50.8 Å². The Balaban J connectivity index is 1.20. The molecule has 1 unspecified atom stereocenters. The van der Waals surface area contributed by atoms with E-state index in [1.54, 1.807) is 6.92 Å². The number of amides is 7. The zero-order valence-electron chi connectivity index (χ0n) is 52.6. The third kappa shape index (κ3) is 12.8. The number of rotatable bonds is 26. The summed E-state index contributed by atoms with van der Waals surface area (Å²) in [5, 5.41) is 28.1. The lowest BCUT2D eigenvalue weighted by Crippen LogP contribution is -2.56. The number of phosphoric ester groups is 1. The molecule has 8 heterocycles. The average molecular weight is 1280 g/mol. The maximum absolute atomic E-state index is 14.4. The van der Waals surface area contributed by atoms with Crippen LogP contribution in [0.3, 0.4) is 0 Å². The van der Waals surface area contributed by atoms with Crippen molar-refractivity contribution in [2.75, 3.05) is 18.9 Å². The first-order valence-electron chi connectivity index (χ1n) is 30.1. The Bertz CT molecular complexity index is 3540. The zero-order valence-corrected chi connectivity index (χ0v) is 53.5. The number of aliphatic hydroxyl groups is 2. The van der Waals surface area contributed by atoms with Gasteiger partial charge in [-0.25, -0.2) is 19.5 Å². The molecule has 0 aliphatic carbocycles. The predicted octanol–water partition coefficient (Wildman–Crippen LogP) is 1.23. The molecule has 2 aromatic rings. The largest absolute Gasteiger partial charge is 0.472 e. The van der Waals surface area contributed by atoms with Gasteiger partial charge in [0.25, 0.3) is 0 Å². The Morgan fingerprint density at radius 2 is 1.43 bits per heavy atom. The lowest BCUT2D eigenvalue weighted by molar-refractivity contribution is -0.124. The second kappa shape index (κ2) is 25.4. The molecule has 2 saturated heterocycles. The van der Waals surface area contributed by atoms with Gasteiger partial charge in [-0.2, -0.15) is 0 Å². The van der Waals surface area contributed by atoms with Gasteiger partial charge in [0.15, 0.2) is 17.7 Å². The standard InChI is InChI=1S/C59H87N16O14P/c1-26(88-90(85,86)89-48-35(24-76)87-54(47(48)84)75-25-68-53-46(75)52(66)69-29(4)70-53)23-67-43(83)17-18-56(7)33(19-40(63)80)51-59(10)58(9,22-42(65)82)32(13-16-39(62)79)45(74-59)28(3)50-57(8,21-41(64)81)30(11-14-37(60)77)34(71-50)20-36-55(5,6)31(12-15-38(61)78)44(72-36)27(2)49(56)73-51/h20,25-26,30-33,35,47-48,51,54,71,76,84H,11-19,21-24H2,1-10H3,(H2,60,77)(H2,61,78)(H2,62,79)(H2,63,80)(H2,64,81)(H2,65,82)(H,67,83)(H,85,86)(H2,66,69,70)/b34-20?,44-27?,50-28-/t26-,30+,31+,32+,33-,35+,47+,48+,51+,54-,56-,57-,58-,59-/m0/s1. The number of allylic oxidation sites excluding steroid dienone is 6. The summed E-state index contributed by atoms with van der Waals surface area (Å²) in [6, 6.07) is -1.05. The molecule has 0 saturated carbocycles. The molecule has 6 aliphatic rings. The molecule has 2 aromatic heterocycles. The van der Waals surface area contributed by atoms with Crippen molar-refractivity contribution in [3.63, 3.8) is 0 Å². The van der Waals surface area contributed by atoms with Crippen LogP contribution in [-0.4, -0.2) is 142 Å². The van der Waals surface area contributed by atoms with E-state index in [0.29, 0.717) is 51.2 Å². The molecule has 15 atom stereocenters. The number of imidazole rings is 1. The monoisotopic (exact) mass is 1270 g/mol. The molecule has 492 valence electrons. The number of aromatic nitrogens is 4. The molecule has 7 amide bonds. The van der Waals surface area contributed by atoms with Gasteiger partial charge in [0.2, 0.25) is 41.4 Å².